The lowest BCUT2D eigenvalue weighted by atomic mass is 10.1. The Hall–Kier alpha value is -1.22. The number of rotatable bonds is 3. The molecule has 1 aromatic rings. The van der Waals surface area contributed by atoms with Crippen molar-refractivity contribution in [3.05, 3.63) is 33.3 Å². The molecule has 2 aliphatic heterocycles. The summed E-state index contributed by atoms with van der Waals surface area (Å²) in [4.78, 5) is 10.1. The largest absolute Gasteiger partial charge is 0.310 e. The van der Waals surface area contributed by atoms with Crippen LogP contribution in [0.15, 0.2) is 23.1 Å². The lowest BCUT2D eigenvalue weighted by Gasteiger charge is -2.23. The Labute approximate surface area is 133 Å². The number of sulfonamides is 1. The van der Waals surface area contributed by atoms with E-state index in [4.69, 9.17) is 11.6 Å². The molecular weight excluding hydrogens is 330 g/mol. The van der Waals surface area contributed by atoms with E-state index in [-0.39, 0.29) is 16.0 Å². The van der Waals surface area contributed by atoms with Crippen molar-refractivity contribution in [2.45, 2.75) is 36.2 Å². The number of benzene rings is 1. The van der Waals surface area contributed by atoms with Gasteiger partial charge >= 0.3 is 0 Å². The molecule has 0 spiro atoms. The molecule has 2 atom stereocenters. The third-order valence-electron chi connectivity index (χ3n) is 4.22. The minimum Gasteiger partial charge on any atom is -0.310 e. The van der Waals surface area contributed by atoms with E-state index in [0.717, 1.165) is 25.0 Å². The first-order chi connectivity index (χ1) is 10.4. The maximum atomic E-state index is 12.8. The molecule has 2 bridgehead atoms. The number of fused-ring (bicyclic) bond motifs is 2. The van der Waals surface area contributed by atoms with Crippen molar-refractivity contribution in [3.63, 3.8) is 0 Å². The third-order valence-corrected chi connectivity index (χ3v) is 6.35. The van der Waals surface area contributed by atoms with E-state index in [1.165, 1.54) is 10.4 Å². The van der Waals surface area contributed by atoms with Gasteiger partial charge in [-0.15, -0.1) is 0 Å². The highest BCUT2D eigenvalue weighted by molar-refractivity contribution is 7.89. The molecule has 120 valence electrons. The second-order valence-electron chi connectivity index (χ2n) is 5.66. The highest BCUT2D eigenvalue weighted by Crippen LogP contribution is 2.31. The Morgan fingerprint density at radius 2 is 2.00 bits per heavy atom. The number of nitro groups is 1. The first-order valence-electron chi connectivity index (χ1n) is 7.08. The van der Waals surface area contributed by atoms with E-state index >= 15 is 0 Å². The minimum absolute atomic E-state index is 0.112. The van der Waals surface area contributed by atoms with Gasteiger partial charge in [0, 0.05) is 36.3 Å². The van der Waals surface area contributed by atoms with Crippen LogP contribution >= 0.6 is 11.6 Å². The van der Waals surface area contributed by atoms with Crippen LogP contribution < -0.4 is 5.32 Å². The van der Waals surface area contributed by atoms with Crippen LogP contribution in [0.3, 0.4) is 0 Å². The molecule has 2 aliphatic rings. The van der Waals surface area contributed by atoms with Gasteiger partial charge in [-0.1, -0.05) is 11.6 Å². The first kappa shape index (κ1) is 15.7. The van der Waals surface area contributed by atoms with E-state index in [0.29, 0.717) is 25.6 Å². The normalized spacial score (nSPS) is 25.9. The van der Waals surface area contributed by atoms with Crippen molar-refractivity contribution in [3.8, 4) is 0 Å². The molecule has 0 saturated carbocycles. The summed E-state index contributed by atoms with van der Waals surface area (Å²) in [5, 5.41) is 14.7. The summed E-state index contributed by atoms with van der Waals surface area (Å²) in [6, 6.07) is 4.06. The highest BCUT2D eigenvalue weighted by Gasteiger charge is 2.37. The van der Waals surface area contributed by atoms with Crippen LogP contribution in [-0.4, -0.2) is 42.8 Å². The summed E-state index contributed by atoms with van der Waals surface area (Å²) in [5.74, 6) is 0. The summed E-state index contributed by atoms with van der Waals surface area (Å²) >= 11 is 5.84. The summed E-state index contributed by atoms with van der Waals surface area (Å²) in [5.41, 5.74) is -0.438. The second kappa shape index (κ2) is 5.77. The Morgan fingerprint density at radius 3 is 2.73 bits per heavy atom. The number of nitrogens with zero attached hydrogens (tertiary/aromatic N) is 2. The molecule has 2 heterocycles. The van der Waals surface area contributed by atoms with Crippen molar-refractivity contribution in [2.24, 2.45) is 0 Å². The number of halogens is 1. The molecule has 0 aliphatic carbocycles. The van der Waals surface area contributed by atoms with E-state index in [1.807, 2.05) is 0 Å². The van der Waals surface area contributed by atoms with Crippen LogP contribution in [0.5, 0.6) is 0 Å². The maximum Gasteiger partial charge on any atom is 0.289 e. The zero-order valence-corrected chi connectivity index (χ0v) is 13.3. The fourth-order valence-electron chi connectivity index (χ4n) is 3.11. The van der Waals surface area contributed by atoms with Crippen LogP contribution in [-0.2, 0) is 10.0 Å². The van der Waals surface area contributed by atoms with Crippen molar-refractivity contribution in [1.29, 1.82) is 0 Å². The molecule has 2 saturated heterocycles. The monoisotopic (exact) mass is 345 g/mol. The molecule has 1 aromatic carbocycles. The summed E-state index contributed by atoms with van der Waals surface area (Å²) in [6.07, 6.45) is 2.69. The molecule has 9 heteroatoms. The third kappa shape index (κ3) is 2.83. The van der Waals surface area contributed by atoms with Gasteiger partial charge in [0.05, 0.1) is 4.92 Å². The van der Waals surface area contributed by atoms with Crippen LogP contribution in [0.4, 0.5) is 5.69 Å². The van der Waals surface area contributed by atoms with Crippen LogP contribution in [0.1, 0.15) is 19.3 Å². The fraction of sp³-hybridized carbons (Fsp3) is 0.538. The molecule has 2 unspecified atom stereocenters. The fourth-order valence-corrected chi connectivity index (χ4v) is 5.03. The molecule has 22 heavy (non-hydrogen) atoms. The van der Waals surface area contributed by atoms with Gasteiger partial charge in [0.15, 0.2) is 4.90 Å². The average molecular weight is 346 g/mol. The number of hydrogen-bond acceptors (Lipinski definition) is 5. The quantitative estimate of drug-likeness (QED) is 0.665. The zero-order valence-electron chi connectivity index (χ0n) is 11.7. The van der Waals surface area contributed by atoms with Gasteiger partial charge in [-0.2, -0.15) is 4.31 Å². The average Bonchev–Trinajstić information content (AvgIpc) is 2.77. The molecule has 0 amide bonds. The van der Waals surface area contributed by atoms with Gasteiger partial charge in [-0.3, -0.25) is 10.1 Å². The van der Waals surface area contributed by atoms with Gasteiger partial charge in [-0.25, -0.2) is 8.42 Å². The van der Waals surface area contributed by atoms with Gasteiger partial charge in [-0.05, 0) is 31.4 Å². The van der Waals surface area contributed by atoms with Crippen molar-refractivity contribution >= 4 is 27.3 Å². The van der Waals surface area contributed by atoms with E-state index in [2.05, 4.69) is 5.32 Å². The van der Waals surface area contributed by atoms with Gasteiger partial charge in [0.25, 0.3) is 5.69 Å². The zero-order chi connectivity index (χ0) is 15.9. The topological polar surface area (TPSA) is 92.5 Å². The van der Waals surface area contributed by atoms with Crippen molar-refractivity contribution in [1.82, 2.24) is 9.62 Å². The minimum atomic E-state index is -3.94. The number of hydrogen-bond donors (Lipinski definition) is 1. The Morgan fingerprint density at radius 1 is 1.27 bits per heavy atom. The van der Waals surface area contributed by atoms with Crippen LogP contribution in [0.25, 0.3) is 0 Å². The summed E-state index contributed by atoms with van der Waals surface area (Å²) < 4.78 is 27.0. The summed E-state index contributed by atoms with van der Waals surface area (Å²) in [7, 11) is -3.94. The van der Waals surface area contributed by atoms with E-state index < -0.39 is 20.6 Å². The number of nitro benzene ring substituents is 1. The Bertz CT molecular complexity index is 709. The molecule has 0 radical (unpaired) electrons. The van der Waals surface area contributed by atoms with Crippen LogP contribution in [0.2, 0.25) is 5.02 Å². The predicted octanol–water partition coefficient (Wildman–Crippen LogP) is 1.76. The van der Waals surface area contributed by atoms with Gasteiger partial charge in [0.1, 0.15) is 0 Å². The summed E-state index contributed by atoms with van der Waals surface area (Å²) in [6.45, 7) is 0.697. The van der Waals surface area contributed by atoms with Crippen molar-refractivity contribution < 1.29 is 13.3 Å². The first-order valence-corrected chi connectivity index (χ1v) is 8.90. The van der Waals surface area contributed by atoms with Crippen molar-refractivity contribution in [2.75, 3.05) is 13.1 Å². The van der Waals surface area contributed by atoms with Gasteiger partial charge < -0.3 is 5.32 Å². The van der Waals surface area contributed by atoms with Gasteiger partial charge in [0.2, 0.25) is 10.0 Å². The molecule has 0 aromatic heterocycles. The lowest BCUT2D eigenvalue weighted by Crippen LogP contribution is -2.39. The Kier molecular flexibility index (Phi) is 4.11. The smallest absolute Gasteiger partial charge is 0.289 e. The lowest BCUT2D eigenvalue weighted by molar-refractivity contribution is -0.387. The Balaban J connectivity index is 1.99. The predicted molar refractivity (Wildman–Crippen MR) is 81.4 cm³/mol. The number of nitrogens with one attached hydrogen (secondary N) is 1. The highest BCUT2D eigenvalue weighted by atomic mass is 35.5. The van der Waals surface area contributed by atoms with Crippen LogP contribution in [0, 0.1) is 10.1 Å². The molecule has 3 rings (SSSR count). The second-order valence-corrected chi connectivity index (χ2v) is 8.00. The van der Waals surface area contributed by atoms with E-state index in [1.54, 1.807) is 0 Å². The molecule has 7 nitrogen and oxygen atoms in total. The molecular formula is C13H16ClN3O4S. The van der Waals surface area contributed by atoms with E-state index in [9.17, 15) is 18.5 Å². The SMILES string of the molecule is O=[N+]([O-])c1ccc(Cl)cc1S(=O)(=O)N1CCC2CCC(C1)N2. The molecule has 1 N–H and O–H groups in total. The molecule has 2 fully saturated rings. The standard InChI is InChI=1S/C13H16ClN3O4S/c14-9-1-4-12(17(18)19)13(7-9)22(20,21)16-6-5-10-2-3-11(8-16)15-10/h1,4,7,10-11,15H,2-3,5-6,8H2. The maximum absolute atomic E-state index is 12.8.